The summed E-state index contributed by atoms with van der Waals surface area (Å²) in [7, 11) is 0. The van der Waals surface area contributed by atoms with Crippen molar-refractivity contribution >= 4 is 10.8 Å². The lowest BCUT2D eigenvalue weighted by Crippen LogP contribution is -2.11. The maximum Gasteiger partial charge on any atom is 0.258 e. The molecule has 0 aliphatic carbocycles. The quantitative estimate of drug-likeness (QED) is 0.789. The predicted molar refractivity (Wildman–Crippen MR) is 94.0 cm³/mol. The summed E-state index contributed by atoms with van der Waals surface area (Å²) in [6.07, 6.45) is 2.70. The fourth-order valence-corrected chi connectivity index (χ4v) is 3.19. The summed E-state index contributed by atoms with van der Waals surface area (Å²) in [6.45, 7) is 1.89. The van der Waals surface area contributed by atoms with Crippen molar-refractivity contribution in [1.29, 1.82) is 0 Å². The van der Waals surface area contributed by atoms with E-state index in [1.165, 1.54) is 6.07 Å². The van der Waals surface area contributed by atoms with E-state index in [1.807, 2.05) is 24.3 Å². The van der Waals surface area contributed by atoms with Crippen LogP contribution in [0.3, 0.4) is 0 Å². The zero-order chi connectivity index (χ0) is 17.2. The maximum absolute atomic E-state index is 14.1. The third kappa shape index (κ3) is 3.21. The Morgan fingerprint density at radius 1 is 1.24 bits per heavy atom. The van der Waals surface area contributed by atoms with Gasteiger partial charge in [-0.15, -0.1) is 0 Å². The molecule has 1 aliphatic heterocycles. The van der Waals surface area contributed by atoms with Gasteiger partial charge in [-0.05, 0) is 35.1 Å². The molecule has 2 aromatic carbocycles. The Morgan fingerprint density at radius 2 is 2.12 bits per heavy atom. The van der Waals surface area contributed by atoms with Crippen LogP contribution in [0.5, 0.6) is 0 Å². The first-order valence-electron chi connectivity index (χ1n) is 8.31. The molecule has 0 spiro atoms. The number of aromatic nitrogens is 1. The smallest absolute Gasteiger partial charge is 0.258 e. The van der Waals surface area contributed by atoms with Gasteiger partial charge in [-0.2, -0.15) is 0 Å². The average Bonchev–Trinajstić information content (AvgIpc) is 3.14. The molecule has 3 aromatic rings. The second-order valence-corrected chi connectivity index (χ2v) is 6.19. The van der Waals surface area contributed by atoms with Crippen molar-refractivity contribution in [2.75, 3.05) is 13.2 Å². The van der Waals surface area contributed by atoms with Crippen LogP contribution in [0.4, 0.5) is 4.39 Å². The summed E-state index contributed by atoms with van der Waals surface area (Å²) in [5.74, 6) is -0.513. The van der Waals surface area contributed by atoms with Crippen LogP contribution in [0.2, 0.25) is 0 Å². The molecule has 1 saturated heterocycles. The number of aromatic amines is 1. The zero-order valence-electron chi connectivity index (χ0n) is 13.6. The number of pyridine rings is 1. The zero-order valence-corrected chi connectivity index (χ0v) is 13.6. The van der Waals surface area contributed by atoms with Crippen molar-refractivity contribution in [3.05, 3.63) is 70.4 Å². The fraction of sp³-hybridized carbons (Fsp3) is 0.250. The molecule has 4 nitrogen and oxygen atoms in total. The van der Waals surface area contributed by atoms with Crippen LogP contribution < -0.4 is 5.56 Å². The highest BCUT2D eigenvalue weighted by molar-refractivity contribution is 5.95. The highest BCUT2D eigenvalue weighted by atomic mass is 19.1. The van der Waals surface area contributed by atoms with Crippen LogP contribution in [0, 0.1) is 5.82 Å². The van der Waals surface area contributed by atoms with Crippen molar-refractivity contribution in [3.8, 4) is 11.1 Å². The molecule has 1 fully saturated rings. The molecule has 25 heavy (non-hydrogen) atoms. The Bertz CT molecular complexity index is 961. The molecule has 0 radical (unpaired) electrons. The van der Waals surface area contributed by atoms with Crippen LogP contribution in [0.15, 0.2) is 53.5 Å². The summed E-state index contributed by atoms with van der Waals surface area (Å²) in [4.78, 5) is 14.6. The normalized spacial score (nSPS) is 17.2. The number of ether oxygens (including phenoxy) is 2. The lowest BCUT2D eigenvalue weighted by Gasteiger charge is -2.12. The molecular formula is C20H18FNO3. The SMILES string of the molecule is O=c1[nH]cc(-c2cccc(COC3CCOC3)c2)c2cccc(F)c12. The first-order chi connectivity index (χ1) is 12.2. The van der Waals surface area contributed by atoms with E-state index in [4.69, 9.17) is 9.47 Å². The number of hydrogen-bond donors (Lipinski definition) is 1. The molecule has 4 rings (SSSR count). The molecule has 1 aliphatic rings. The minimum absolute atomic E-state index is 0.0877. The number of halogens is 1. The van der Waals surface area contributed by atoms with Crippen LogP contribution in [0.25, 0.3) is 21.9 Å². The molecule has 1 atom stereocenters. The molecule has 1 aromatic heterocycles. The Labute approximate surface area is 144 Å². The summed E-state index contributed by atoms with van der Waals surface area (Å²) >= 11 is 0. The Kier molecular flexibility index (Phi) is 4.34. The van der Waals surface area contributed by atoms with Crippen molar-refractivity contribution in [1.82, 2.24) is 4.98 Å². The number of fused-ring (bicyclic) bond motifs is 1. The molecule has 5 heteroatoms. The van der Waals surface area contributed by atoms with Gasteiger partial charge in [-0.1, -0.05) is 30.3 Å². The van der Waals surface area contributed by atoms with Gasteiger partial charge in [0.1, 0.15) is 5.82 Å². The topological polar surface area (TPSA) is 51.3 Å². The van der Waals surface area contributed by atoms with E-state index in [0.29, 0.717) is 18.6 Å². The molecule has 0 bridgehead atoms. The number of hydrogen-bond acceptors (Lipinski definition) is 3. The first-order valence-corrected chi connectivity index (χ1v) is 8.31. The highest BCUT2D eigenvalue weighted by Gasteiger charge is 2.16. The monoisotopic (exact) mass is 339 g/mol. The first kappa shape index (κ1) is 16.0. The van der Waals surface area contributed by atoms with E-state index in [2.05, 4.69) is 4.98 Å². The van der Waals surface area contributed by atoms with Gasteiger partial charge in [0.2, 0.25) is 0 Å². The van der Waals surface area contributed by atoms with E-state index in [-0.39, 0.29) is 11.5 Å². The van der Waals surface area contributed by atoms with Crippen molar-refractivity contribution in [2.24, 2.45) is 0 Å². The Balaban J connectivity index is 1.69. The van der Waals surface area contributed by atoms with Gasteiger partial charge in [-0.25, -0.2) is 4.39 Å². The van der Waals surface area contributed by atoms with Crippen molar-refractivity contribution < 1.29 is 13.9 Å². The van der Waals surface area contributed by atoms with Gasteiger partial charge in [0, 0.05) is 18.4 Å². The van der Waals surface area contributed by atoms with E-state index in [1.54, 1.807) is 18.3 Å². The third-order valence-electron chi connectivity index (χ3n) is 4.49. The highest BCUT2D eigenvalue weighted by Crippen LogP contribution is 2.28. The summed E-state index contributed by atoms with van der Waals surface area (Å²) in [5.41, 5.74) is 2.31. The Hall–Kier alpha value is -2.50. The van der Waals surface area contributed by atoms with Crippen LogP contribution >= 0.6 is 0 Å². The maximum atomic E-state index is 14.1. The van der Waals surface area contributed by atoms with Gasteiger partial charge in [0.05, 0.1) is 24.7 Å². The molecule has 0 amide bonds. The number of benzene rings is 2. The minimum atomic E-state index is -0.513. The largest absolute Gasteiger partial charge is 0.379 e. The second-order valence-electron chi connectivity index (χ2n) is 6.19. The molecule has 1 N–H and O–H groups in total. The van der Waals surface area contributed by atoms with Crippen molar-refractivity contribution in [3.63, 3.8) is 0 Å². The van der Waals surface area contributed by atoms with Gasteiger partial charge in [-0.3, -0.25) is 4.79 Å². The van der Waals surface area contributed by atoms with Crippen molar-refractivity contribution in [2.45, 2.75) is 19.1 Å². The molecule has 0 saturated carbocycles. The molecule has 128 valence electrons. The number of H-pyrrole nitrogens is 1. The number of nitrogens with one attached hydrogen (secondary N) is 1. The summed E-state index contributed by atoms with van der Waals surface area (Å²) in [6, 6.07) is 12.6. The van der Waals surface area contributed by atoms with Gasteiger partial charge in [0.25, 0.3) is 5.56 Å². The Morgan fingerprint density at radius 3 is 2.96 bits per heavy atom. The minimum Gasteiger partial charge on any atom is -0.379 e. The lowest BCUT2D eigenvalue weighted by molar-refractivity contribution is 0.0318. The van der Waals surface area contributed by atoms with Crippen LogP contribution in [0.1, 0.15) is 12.0 Å². The van der Waals surface area contributed by atoms with Crippen LogP contribution in [-0.4, -0.2) is 24.3 Å². The third-order valence-corrected chi connectivity index (χ3v) is 4.49. The molecule has 1 unspecified atom stereocenters. The lowest BCUT2D eigenvalue weighted by atomic mass is 9.99. The predicted octanol–water partition coefficient (Wildman–Crippen LogP) is 3.64. The van der Waals surface area contributed by atoms with Crippen LogP contribution in [-0.2, 0) is 16.1 Å². The molecule has 2 heterocycles. The van der Waals surface area contributed by atoms with E-state index in [9.17, 15) is 9.18 Å². The average molecular weight is 339 g/mol. The summed E-state index contributed by atoms with van der Waals surface area (Å²) < 4.78 is 25.2. The van der Waals surface area contributed by atoms with E-state index < -0.39 is 11.4 Å². The molecular weight excluding hydrogens is 321 g/mol. The standard InChI is InChI=1S/C20H18FNO3/c21-18-6-2-5-16-17(10-22-20(23)19(16)18)14-4-1-3-13(9-14)11-25-15-7-8-24-12-15/h1-6,9-10,15H,7-8,11-12H2,(H,22,23). The van der Waals surface area contributed by atoms with E-state index in [0.717, 1.165) is 29.7 Å². The van der Waals surface area contributed by atoms with Gasteiger partial charge < -0.3 is 14.5 Å². The summed E-state index contributed by atoms with van der Waals surface area (Å²) in [5, 5.41) is 0.691. The second kappa shape index (κ2) is 6.78. The number of rotatable bonds is 4. The fourth-order valence-electron chi connectivity index (χ4n) is 3.19. The van der Waals surface area contributed by atoms with E-state index >= 15 is 0 Å². The van der Waals surface area contributed by atoms with Gasteiger partial charge >= 0.3 is 0 Å². The van der Waals surface area contributed by atoms with Gasteiger partial charge in [0.15, 0.2) is 0 Å².